The first-order chi connectivity index (χ1) is 13.7. The van der Waals surface area contributed by atoms with Crippen LogP contribution >= 0.6 is 0 Å². The fraction of sp³-hybridized carbons (Fsp3) is 0.400. The number of aliphatic carboxylic acids is 1. The molecular weight excluding hydrogens is 378 g/mol. The van der Waals surface area contributed by atoms with Crippen LogP contribution in [-0.2, 0) is 14.3 Å². The molecule has 0 saturated carbocycles. The minimum absolute atomic E-state index is 0.0577. The maximum Gasteiger partial charge on any atom is 0.337 e. The standard InChI is InChI=1S/C20H25N3O6/c1-11(6-5-9-21)29-20(26)17-13(3)22-12(2)16(19(24)25)18(17)14-7-4-8-15(10-14)23(27)28/h4,7-8,10-11,18,22H,5-6,9,21H2,1-3H3,(H,24,25). The van der Waals surface area contributed by atoms with Crippen molar-refractivity contribution in [3.8, 4) is 0 Å². The Morgan fingerprint density at radius 2 is 1.97 bits per heavy atom. The number of benzene rings is 1. The molecule has 9 nitrogen and oxygen atoms in total. The quantitative estimate of drug-likeness (QED) is 0.341. The molecule has 9 heteroatoms. The molecule has 2 atom stereocenters. The van der Waals surface area contributed by atoms with Crippen LogP contribution in [0.1, 0.15) is 45.1 Å². The van der Waals surface area contributed by atoms with Crippen molar-refractivity contribution in [2.45, 2.75) is 45.6 Å². The number of nitro benzene ring substituents is 1. The van der Waals surface area contributed by atoms with Gasteiger partial charge >= 0.3 is 11.9 Å². The molecule has 0 fully saturated rings. The molecule has 4 N–H and O–H groups in total. The molecule has 1 aliphatic rings. The fourth-order valence-electron chi connectivity index (χ4n) is 3.41. The largest absolute Gasteiger partial charge is 0.478 e. The lowest BCUT2D eigenvalue weighted by Crippen LogP contribution is -2.32. The number of hydrogen-bond acceptors (Lipinski definition) is 7. The van der Waals surface area contributed by atoms with Gasteiger partial charge in [0, 0.05) is 23.5 Å². The van der Waals surface area contributed by atoms with Crippen LogP contribution in [0.2, 0.25) is 0 Å². The van der Waals surface area contributed by atoms with E-state index in [1.807, 2.05) is 0 Å². The predicted octanol–water partition coefficient (Wildman–Crippen LogP) is 2.58. The van der Waals surface area contributed by atoms with E-state index in [2.05, 4.69) is 5.32 Å². The van der Waals surface area contributed by atoms with Gasteiger partial charge in [0.05, 0.1) is 28.1 Å². The molecule has 1 aromatic carbocycles. The SMILES string of the molecule is CC1=C(C(=O)O)C(c2cccc([N+](=O)[O-])c2)C(C(=O)OC(C)CCCN)=C(C)N1. The van der Waals surface area contributed by atoms with Gasteiger partial charge in [-0.25, -0.2) is 9.59 Å². The van der Waals surface area contributed by atoms with Gasteiger partial charge in [-0.05, 0) is 45.7 Å². The van der Waals surface area contributed by atoms with Crippen molar-refractivity contribution < 1.29 is 24.4 Å². The highest BCUT2D eigenvalue weighted by Gasteiger charge is 2.38. The molecule has 0 bridgehead atoms. The Kier molecular flexibility index (Phi) is 7.11. The number of nitro groups is 1. The van der Waals surface area contributed by atoms with E-state index >= 15 is 0 Å². The smallest absolute Gasteiger partial charge is 0.337 e. The second-order valence-electron chi connectivity index (χ2n) is 6.94. The third kappa shape index (κ3) is 5.00. The summed E-state index contributed by atoms with van der Waals surface area (Å²) >= 11 is 0. The first-order valence-electron chi connectivity index (χ1n) is 9.24. The number of nitrogens with two attached hydrogens (primary N) is 1. The average Bonchev–Trinajstić information content (AvgIpc) is 2.65. The number of non-ortho nitro benzene ring substituents is 1. The maximum absolute atomic E-state index is 13.0. The molecule has 156 valence electrons. The van der Waals surface area contributed by atoms with E-state index in [4.69, 9.17) is 10.5 Å². The van der Waals surface area contributed by atoms with Crippen LogP contribution in [0.3, 0.4) is 0 Å². The number of dihydropyridines is 1. The number of carbonyl (C=O) groups excluding carboxylic acids is 1. The molecule has 2 unspecified atom stereocenters. The zero-order valence-electron chi connectivity index (χ0n) is 16.6. The Balaban J connectivity index is 2.53. The Labute approximate surface area is 168 Å². The van der Waals surface area contributed by atoms with Gasteiger partial charge in [-0.1, -0.05) is 12.1 Å². The summed E-state index contributed by atoms with van der Waals surface area (Å²) in [6.45, 7) is 5.44. The monoisotopic (exact) mass is 403 g/mol. The van der Waals surface area contributed by atoms with Crippen LogP contribution in [0.25, 0.3) is 0 Å². The van der Waals surface area contributed by atoms with Gasteiger partial charge in [-0.15, -0.1) is 0 Å². The van der Waals surface area contributed by atoms with Crippen molar-refractivity contribution in [3.63, 3.8) is 0 Å². The normalized spacial score (nSPS) is 17.6. The fourth-order valence-corrected chi connectivity index (χ4v) is 3.41. The number of ether oxygens (including phenoxy) is 1. The number of carboxylic acid groups (broad SMARTS) is 1. The number of carbonyl (C=O) groups is 2. The number of nitrogens with one attached hydrogen (secondary N) is 1. The van der Waals surface area contributed by atoms with Crippen LogP contribution < -0.4 is 11.1 Å². The maximum atomic E-state index is 13.0. The van der Waals surface area contributed by atoms with Crippen molar-refractivity contribution in [1.82, 2.24) is 5.32 Å². The van der Waals surface area contributed by atoms with Gasteiger partial charge in [-0.2, -0.15) is 0 Å². The zero-order valence-corrected chi connectivity index (χ0v) is 16.6. The van der Waals surface area contributed by atoms with Crippen LogP contribution in [0, 0.1) is 10.1 Å². The van der Waals surface area contributed by atoms with Crippen molar-refractivity contribution in [2.24, 2.45) is 5.73 Å². The Morgan fingerprint density at radius 3 is 2.55 bits per heavy atom. The molecule has 1 heterocycles. The Bertz CT molecular complexity index is 890. The van der Waals surface area contributed by atoms with Gasteiger partial charge in [-0.3, -0.25) is 10.1 Å². The van der Waals surface area contributed by atoms with E-state index in [9.17, 15) is 24.8 Å². The molecule has 0 aromatic heterocycles. The van der Waals surface area contributed by atoms with E-state index in [1.165, 1.54) is 18.2 Å². The molecule has 0 spiro atoms. The third-order valence-corrected chi connectivity index (χ3v) is 4.75. The molecule has 0 aliphatic carbocycles. The minimum atomic E-state index is -1.22. The molecule has 29 heavy (non-hydrogen) atoms. The lowest BCUT2D eigenvalue weighted by molar-refractivity contribution is -0.384. The first-order valence-corrected chi connectivity index (χ1v) is 9.24. The number of hydrogen-bond donors (Lipinski definition) is 3. The average molecular weight is 403 g/mol. The predicted molar refractivity (Wildman–Crippen MR) is 106 cm³/mol. The number of rotatable bonds is 8. The van der Waals surface area contributed by atoms with E-state index in [0.717, 1.165) is 0 Å². The number of esters is 1. The molecule has 1 aromatic rings. The van der Waals surface area contributed by atoms with Gasteiger partial charge < -0.3 is 20.9 Å². The molecule has 0 saturated heterocycles. The second-order valence-corrected chi connectivity index (χ2v) is 6.94. The Morgan fingerprint density at radius 1 is 1.31 bits per heavy atom. The summed E-state index contributed by atoms with van der Waals surface area (Å²) in [5, 5.41) is 23.9. The number of allylic oxidation sites excluding steroid dienone is 2. The lowest BCUT2D eigenvalue weighted by Gasteiger charge is -2.30. The first kappa shape index (κ1) is 22.1. The van der Waals surface area contributed by atoms with Crippen LogP contribution in [-0.4, -0.2) is 34.6 Å². The van der Waals surface area contributed by atoms with Crippen molar-refractivity contribution in [1.29, 1.82) is 0 Å². The highest BCUT2D eigenvalue weighted by Crippen LogP contribution is 2.39. The van der Waals surface area contributed by atoms with Crippen LogP contribution in [0.4, 0.5) is 5.69 Å². The minimum Gasteiger partial charge on any atom is -0.478 e. The van der Waals surface area contributed by atoms with E-state index in [1.54, 1.807) is 26.8 Å². The van der Waals surface area contributed by atoms with Crippen LogP contribution in [0.15, 0.2) is 46.8 Å². The molecular formula is C20H25N3O6. The highest BCUT2D eigenvalue weighted by molar-refractivity contribution is 5.99. The van der Waals surface area contributed by atoms with E-state index in [-0.39, 0.29) is 16.8 Å². The topological polar surface area (TPSA) is 145 Å². The molecule has 0 amide bonds. The summed E-state index contributed by atoms with van der Waals surface area (Å²) in [6, 6.07) is 5.62. The Hall–Kier alpha value is -3.20. The summed E-state index contributed by atoms with van der Waals surface area (Å²) in [6.07, 6.45) is 0.847. The van der Waals surface area contributed by atoms with Crippen molar-refractivity contribution >= 4 is 17.6 Å². The number of nitrogens with zero attached hydrogens (tertiary/aromatic N) is 1. The zero-order chi connectivity index (χ0) is 21.7. The van der Waals surface area contributed by atoms with Crippen molar-refractivity contribution in [3.05, 3.63) is 62.5 Å². The summed E-state index contributed by atoms with van der Waals surface area (Å²) in [4.78, 5) is 35.6. The van der Waals surface area contributed by atoms with E-state index in [0.29, 0.717) is 36.3 Å². The second kappa shape index (κ2) is 9.33. The lowest BCUT2D eigenvalue weighted by atomic mass is 9.80. The molecule has 0 radical (unpaired) electrons. The summed E-state index contributed by atoms with van der Waals surface area (Å²) < 4.78 is 5.51. The van der Waals surface area contributed by atoms with E-state index < -0.39 is 28.9 Å². The summed E-state index contributed by atoms with van der Waals surface area (Å²) in [5.41, 5.74) is 6.50. The summed E-state index contributed by atoms with van der Waals surface area (Å²) in [5.74, 6) is -2.88. The van der Waals surface area contributed by atoms with Gasteiger partial charge in [0.25, 0.3) is 5.69 Å². The third-order valence-electron chi connectivity index (χ3n) is 4.75. The van der Waals surface area contributed by atoms with Crippen molar-refractivity contribution in [2.75, 3.05) is 6.54 Å². The molecule has 2 rings (SSSR count). The molecule has 1 aliphatic heterocycles. The number of carboxylic acids is 1. The van der Waals surface area contributed by atoms with Crippen LogP contribution in [0.5, 0.6) is 0 Å². The summed E-state index contributed by atoms with van der Waals surface area (Å²) in [7, 11) is 0. The van der Waals surface area contributed by atoms with Gasteiger partial charge in [0.1, 0.15) is 0 Å². The van der Waals surface area contributed by atoms with Gasteiger partial charge in [0.2, 0.25) is 0 Å². The highest BCUT2D eigenvalue weighted by atomic mass is 16.6. The van der Waals surface area contributed by atoms with Gasteiger partial charge in [0.15, 0.2) is 0 Å².